The fourth-order valence-electron chi connectivity index (χ4n) is 2.00. The van der Waals surface area contributed by atoms with Crippen molar-refractivity contribution in [3.63, 3.8) is 0 Å². The number of hydrogen-bond acceptors (Lipinski definition) is 4. The molecule has 114 valence electrons. The van der Waals surface area contributed by atoms with E-state index in [2.05, 4.69) is 20.6 Å². The zero-order chi connectivity index (χ0) is 15.4. The number of carbonyl (C=O) groups excluding carboxylic acids is 1. The van der Waals surface area contributed by atoms with Crippen LogP contribution in [0.25, 0.3) is 0 Å². The number of nitrogens with one attached hydrogen (secondary N) is 2. The van der Waals surface area contributed by atoms with E-state index in [1.54, 1.807) is 12.1 Å². The molecule has 1 amide bonds. The van der Waals surface area contributed by atoms with Crippen LogP contribution in [0, 0.1) is 5.82 Å². The molecule has 1 heterocycles. The van der Waals surface area contributed by atoms with Crippen molar-refractivity contribution in [3.05, 3.63) is 53.6 Å². The van der Waals surface area contributed by atoms with Crippen LogP contribution in [0.3, 0.4) is 0 Å². The number of carbonyl (C=O) groups is 1. The number of halogens is 1. The smallest absolute Gasteiger partial charge is 0.254 e. The Morgan fingerprint density at radius 2 is 1.86 bits per heavy atom. The average molecular weight is 300 g/mol. The second-order valence-electron chi connectivity index (χ2n) is 5.35. The predicted octanol–water partition coefficient (Wildman–Crippen LogP) is 2.16. The Morgan fingerprint density at radius 3 is 2.50 bits per heavy atom. The number of nitrogens with zero attached hydrogens (tertiary/aromatic N) is 2. The largest absolute Gasteiger partial charge is 0.354 e. The second kappa shape index (κ2) is 6.51. The standard InChI is InChI=1S/C16H17FN4O/c17-13-3-1-11(2-4-13)7-8-18-16-19-9-12(10-20-16)15(22)21-14-5-6-14/h1-4,9-10,14H,5-8H2,(H,21,22)(H,18,19,20). The van der Waals surface area contributed by atoms with Gasteiger partial charge >= 0.3 is 0 Å². The Labute approximate surface area is 128 Å². The van der Waals surface area contributed by atoms with Gasteiger partial charge in [0.1, 0.15) is 5.82 Å². The molecule has 0 atom stereocenters. The van der Waals surface area contributed by atoms with E-state index in [1.807, 2.05) is 0 Å². The van der Waals surface area contributed by atoms with E-state index in [4.69, 9.17) is 0 Å². The van der Waals surface area contributed by atoms with E-state index in [0.717, 1.165) is 24.8 Å². The van der Waals surface area contributed by atoms with Gasteiger partial charge in [0.2, 0.25) is 5.95 Å². The lowest BCUT2D eigenvalue weighted by Gasteiger charge is -2.06. The molecule has 0 radical (unpaired) electrons. The lowest BCUT2D eigenvalue weighted by atomic mass is 10.1. The van der Waals surface area contributed by atoms with Crippen LogP contribution in [0.1, 0.15) is 28.8 Å². The molecule has 6 heteroatoms. The number of amides is 1. The van der Waals surface area contributed by atoms with E-state index in [0.29, 0.717) is 24.1 Å². The third-order valence-corrected chi connectivity index (χ3v) is 3.44. The number of rotatable bonds is 6. The van der Waals surface area contributed by atoms with Crippen LogP contribution in [0.15, 0.2) is 36.7 Å². The van der Waals surface area contributed by atoms with E-state index in [9.17, 15) is 9.18 Å². The maximum absolute atomic E-state index is 12.8. The van der Waals surface area contributed by atoms with E-state index >= 15 is 0 Å². The molecule has 22 heavy (non-hydrogen) atoms. The molecule has 3 rings (SSSR count). The second-order valence-corrected chi connectivity index (χ2v) is 5.35. The number of aromatic nitrogens is 2. The van der Waals surface area contributed by atoms with Gasteiger partial charge < -0.3 is 10.6 Å². The highest BCUT2D eigenvalue weighted by atomic mass is 19.1. The van der Waals surface area contributed by atoms with Crippen molar-refractivity contribution in [2.24, 2.45) is 0 Å². The van der Waals surface area contributed by atoms with Crippen LogP contribution >= 0.6 is 0 Å². The number of hydrogen-bond donors (Lipinski definition) is 2. The van der Waals surface area contributed by atoms with Gasteiger partial charge in [0, 0.05) is 25.0 Å². The predicted molar refractivity (Wildman–Crippen MR) is 81.1 cm³/mol. The van der Waals surface area contributed by atoms with Gasteiger partial charge in [0.05, 0.1) is 5.56 Å². The normalized spacial score (nSPS) is 13.7. The Hall–Kier alpha value is -2.50. The van der Waals surface area contributed by atoms with Crippen molar-refractivity contribution in [2.45, 2.75) is 25.3 Å². The fourth-order valence-corrected chi connectivity index (χ4v) is 2.00. The summed E-state index contributed by atoms with van der Waals surface area (Å²) in [5.74, 6) is 0.116. The summed E-state index contributed by atoms with van der Waals surface area (Å²) >= 11 is 0. The molecule has 1 saturated carbocycles. The molecule has 0 bridgehead atoms. The van der Waals surface area contributed by atoms with Crippen molar-refractivity contribution in [1.29, 1.82) is 0 Å². The third kappa shape index (κ3) is 4.00. The van der Waals surface area contributed by atoms with Crippen LogP contribution in [-0.2, 0) is 6.42 Å². The zero-order valence-corrected chi connectivity index (χ0v) is 12.1. The Balaban J connectivity index is 1.48. The number of benzene rings is 1. The van der Waals surface area contributed by atoms with Gasteiger partial charge in [0.15, 0.2) is 0 Å². The summed E-state index contributed by atoms with van der Waals surface area (Å²) in [6.45, 7) is 0.638. The van der Waals surface area contributed by atoms with Gasteiger partial charge in [-0.15, -0.1) is 0 Å². The molecule has 2 N–H and O–H groups in total. The van der Waals surface area contributed by atoms with E-state index < -0.39 is 0 Å². The number of anilines is 1. The van der Waals surface area contributed by atoms with Crippen molar-refractivity contribution < 1.29 is 9.18 Å². The van der Waals surface area contributed by atoms with Crippen LogP contribution < -0.4 is 10.6 Å². The molecule has 1 aromatic carbocycles. The summed E-state index contributed by atoms with van der Waals surface area (Å²) in [6, 6.07) is 6.71. The monoisotopic (exact) mass is 300 g/mol. The van der Waals surface area contributed by atoms with Crippen molar-refractivity contribution in [3.8, 4) is 0 Å². The quantitative estimate of drug-likeness (QED) is 0.858. The minimum absolute atomic E-state index is 0.125. The first-order valence-electron chi connectivity index (χ1n) is 7.32. The molecule has 1 aromatic heterocycles. The third-order valence-electron chi connectivity index (χ3n) is 3.44. The van der Waals surface area contributed by atoms with Crippen LogP contribution in [0.5, 0.6) is 0 Å². The SMILES string of the molecule is O=C(NC1CC1)c1cnc(NCCc2ccc(F)cc2)nc1. The highest BCUT2D eigenvalue weighted by molar-refractivity contribution is 5.94. The van der Waals surface area contributed by atoms with Crippen LogP contribution in [-0.4, -0.2) is 28.5 Å². The first-order valence-corrected chi connectivity index (χ1v) is 7.32. The molecular formula is C16H17FN4O. The zero-order valence-electron chi connectivity index (χ0n) is 12.1. The molecule has 5 nitrogen and oxygen atoms in total. The first kappa shape index (κ1) is 14.4. The first-order chi connectivity index (χ1) is 10.7. The van der Waals surface area contributed by atoms with Gasteiger partial charge in [0.25, 0.3) is 5.91 Å². The lowest BCUT2D eigenvalue weighted by Crippen LogP contribution is -2.25. The van der Waals surface area contributed by atoms with Gasteiger partial charge in [-0.05, 0) is 37.0 Å². The molecule has 0 unspecified atom stereocenters. The molecular weight excluding hydrogens is 283 g/mol. The van der Waals surface area contributed by atoms with Gasteiger partial charge in [-0.25, -0.2) is 14.4 Å². The Kier molecular flexibility index (Phi) is 4.27. The van der Waals surface area contributed by atoms with E-state index in [-0.39, 0.29) is 11.7 Å². The molecule has 0 spiro atoms. The maximum Gasteiger partial charge on any atom is 0.254 e. The van der Waals surface area contributed by atoms with Crippen LogP contribution in [0.4, 0.5) is 10.3 Å². The summed E-state index contributed by atoms with van der Waals surface area (Å²) in [5.41, 5.74) is 1.50. The highest BCUT2D eigenvalue weighted by Crippen LogP contribution is 2.19. The lowest BCUT2D eigenvalue weighted by molar-refractivity contribution is 0.0950. The molecule has 2 aromatic rings. The Bertz CT molecular complexity index is 638. The van der Waals surface area contributed by atoms with Crippen molar-refractivity contribution in [2.75, 3.05) is 11.9 Å². The summed E-state index contributed by atoms with van der Waals surface area (Å²) in [7, 11) is 0. The summed E-state index contributed by atoms with van der Waals surface area (Å²) in [4.78, 5) is 20.1. The maximum atomic E-state index is 12.8. The van der Waals surface area contributed by atoms with Gasteiger partial charge in [-0.2, -0.15) is 0 Å². The topological polar surface area (TPSA) is 66.9 Å². The van der Waals surface area contributed by atoms with Crippen molar-refractivity contribution in [1.82, 2.24) is 15.3 Å². The van der Waals surface area contributed by atoms with Gasteiger partial charge in [-0.3, -0.25) is 4.79 Å². The van der Waals surface area contributed by atoms with Crippen molar-refractivity contribution >= 4 is 11.9 Å². The molecule has 0 aliphatic heterocycles. The molecule has 1 fully saturated rings. The summed E-state index contributed by atoms with van der Waals surface area (Å²) < 4.78 is 12.8. The molecule has 1 aliphatic carbocycles. The van der Waals surface area contributed by atoms with Crippen LogP contribution in [0.2, 0.25) is 0 Å². The highest BCUT2D eigenvalue weighted by Gasteiger charge is 2.23. The van der Waals surface area contributed by atoms with E-state index in [1.165, 1.54) is 24.5 Å². The summed E-state index contributed by atoms with van der Waals surface area (Å²) in [6.07, 6.45) is 5.88. The summed E-state index contributed by atoms with van der Waals surface area (Å²) in [5, 5.41) is 5.97. The van der Waals surface area contributed by atoms with Gasteiger partial charge in [-0.1, -0.05) is 12.1 Å². The minimum atomic E-state index is -0.236. The average Bonchev–Trinajstić information content (AvgIpc) is 3.34. The molecule has 0 saturated heterocycles. The fraction of sp³-hybridized carbons (Fsp3) is 0.312. The minimum Gasteiger partial charge on any atom is -0.354 e. The Morgan fingerprint density at radius 1 is 1.18 bits per heavy atom. The molecule has 1 aliphatic rings.